The first-order valence-electron chi connectivity index (χ1n) is 12.9. The summed E-state index contributed by atoms with van der Waals surface area (Å²) in [7, 11) is 0. The van der Waals surface area contributed by atoms with Gasteiger partial charge in [0, 0.05) is 24.8 Å². The van der Waals surface area contributed by atoms with Gasteiger partial charge in [-0.2, -0.15) is 0 Å². The van der Waals surface area contributed by atoms with Crippen molar-refractivity contribution in [2.45, 2.75) is 70.8 Å². The summed E-state index contributed by atoms with van der Waals surface area (Å²) >= 11 is 0. The van der Waals surface area contributed by atoms with Crippen molar-refractivity contribution in [2.24, 2.45) is 29.1 Å². The molecule has 4 rings (SSSR count). The standard InChI is InChI=1S/C30H39NO5/c1-18-10-9-13-23-27(33)20(3)19(2)26-24(16-22-11-7-6-8-12-22)31-28(34)30(23,26)25(36-21(4)32)14-15-29(5,35)17-18/h6-9,11-15,18-19,23-27,33,35H,3,10,16-17H2,1-2,4-5H3,(H,31,34)/t18-,19?,23?,24-,25+,26?,27+,29-,30+/m0/s1. The number of ether oxygens (including phenoxy) is 1. The van der Waals surface area contributed by atoms with Crippen LogP contribution in [0.4, 0.5) is 0 Å². The number of allylic oxidation sites excluding steroid dienone is 1. The highest BCUT2D eigenvalue weighted by Crippen LogP contribution is 2.58. The van der Waals surface area contributed by atoms with Gasteiger partial charge in [-0.1, -0.05) is 69.0 Å². The van der Waals surface area contributed by atoms with E-state index >= 15 is 0 Å². The molecule has 1 amide bonds. The minimum Gasteiger partial charge on any atom is -0.457 e. The summed E-state index contributed by atoms with van der Waals surface area (Å²) in [6.45, 7) is 11.3. The highest BCUT2D eigenvalue weighted by molar-refractivity contribution is 5.89. The quantitative estimate of drug-likeness (QED) is 0.440. The Morgan fingerprint density at radius 3 is 2.58 bits per heavy atom. The minimum atomic E-state index is -1.26. The Bertz CT molecular complexity index is 1060. The van der Waals surface area contributed by atoms with Gasteiger partial charge in [0.25, 0.3) is 0 Å². The second-order valence-electron chi connectivity index (χ2n) is 11.3. The van der Waals surface area contributed by atoms with Crippen molar-refractivity contribution in [3.05, 3.63) is 72.4 Å². The second kappa shape index (κ2) is 9.98. The minimum absolute atomic E-state index is 0.170. The van der Waals surface area contributed by atoms with Crippen molar-refractivity contribution in [1.82, 2.24) is 5.32 Å². The summed E-state index contributed by atoms with van der Waals surface area (Å²) < 4.78 is 5.89. The third-order valence-corrected chi connectivity index (χ3v) is 8.43. The third-order valence-electron chi connectivity index (χ3n) is 8.43. The van der Waals surface area contributed by atoms with Gasteiger partial charge >= 0.3 is 5.97 Å². The zero-order valence-electron chi connectivity index (χ0n) is 21.7. The molecule has 1 saturated heterocycles. The lowest BCUT2D eigenvalue weighted by Gasteiger charge is -2.52. The Morgan fingerprint density at radius 1 is 1.22 bits per heavy atom. The van der Waals surface area contributed by atoms with E-state index in [1.165, 1.54) is 6.92 Å². The number of hydrogen-bond donors (Lipinski definition) is 3. The van der Waals surface area contributed by atoms with Crippen molar-refractivity contribution >= 4 is 11.9 Å². The zero-order valence-corrected chi connectivity index (χ0v) is 21.7. The van der Waals surface area contributed by atoms with E-state index in [1.807, 2.05) is 49.4 Å². The maximum absolute atomic E-state index is 14.2. The molecular formula is C30H39NO5. The summed E-state index contributed by atoms with van der Waals surface area (Å²) in [5.41, 5.74) is -0.635. The molecule has 1 aromatic carbocycles. The Labute approximate surface area is 214 Å². The molecule has 1 saturated carbocycles. The summed E-state index contributed by atoms with van der Waals surface area (Å²) in [4.78, 5) is 26.5. The van der Waals surface area contributed by atoms with E-state index in [0.717, 1.165) is 5.56 Å². The molecule has 1 aliphatic heterocycles. The Morgan fingerprint density at radius 2 is 1.92 bits per heavy atom. The summed E-state index contributed by atoms with van der Waals surface area (Å²) in [6.07, 6.45) is 7.09. The lowest BCUT2D eigenvalue weighted by atomic mass is 9.51. The molecule has 0 radical (unpaired) electrons. The van der Waals surface area contributed by atoms with Gasteiger partial charge in [-0.05, 0) is 55.2 Å². The van der Waals surface area contributed by atoms with Crippen molar-refractivity contribution in [3.63, 3.8) is 0 Å². The molecule has 6 nitrogen and oxygen atoms in total. The van der Waals surface area contributed by atoms with Gasteiger partial charge in [0.05, 0.1) is 11.7 Å². The maximum atomic E-state index is 14.2. The first-order valence-corrected chi connectivity index (χ1v) is 12.9. The molecule has 194 valence electrons. The third kappa shape index (κ3) is 4.69. The smallest absolute Gasteiger partial charge is 0.303 e. The molecule has 0 bridgehead atoms. The number of benzene rings is 1. The number of aliphatic hydroxyl groups is 2. The number of hydrogen-bond acceptors (Lipinski definition) is 5. The van der Waals surface area contributed by atoms with Gasteiger partial charge in [-0.3, -0.25) is 9.59 Å². The van der Waals surface area contributed by atoms with E-state index in [4.69, 9.17) is 4.74 Å². The average molecular weight is 494 g/mol. The summed E-state index contributed by atoms with van der Waals surface area (Å²) in [5.74, 6) is -1.75. The highest BCUT2D eigenvalue weighted by Gasteiger charge is 2.68. The number of rotatable bonds is 3. The van der Waals surface area contributed by atoms with E-state index in [1.54, 1.807) is 19.1 Å². The molecule has 3 N–H and O–H groups in total. The molecule has 36 heavy (non-hydrogen) atoms. The van der Waals surface area contributed by atoms with Gasteiger partial charge in [0.2, 0.25) is 5.91 Å². The van der Waals surface area contributed by atoms with Gasteiger partial charge in [0.15, 0.2) is 0 Å². The second-order valence-corrected chi connectivity index (χ2v) is 11.3. The predicted octanol–water partition coefficient (Wildman–Crippen LogP) is 3.74. The van der Waals surface area contributed by atoms with Gasteiger partial charge in [-0.15, -0.1) is 0 Å². The van der Waals surface area contributed by atoms with Crippen LogP contribution in [0.3, 0.4) is 0 Å². The fourth-order valence-corrected chi connectivity index (χ4v) is 6.90. The van der Waals surface area contributed by atoms with Crippen LogP contribution < -0.4 is 5.32 Å². The summed E-state index contributed by atoms with van der Waals surface area (Å²) in [6, 6.07) is 9.73. The van der Waals surface area contributed by atoms with E-state index in [0.29, 0.717) is 24.8 Å². The largest absolute Gasteiger partial charge is 0.457 e. The van der Waals surface area contributed by atoms with Crippen LogP contribution in [0.1, 0.15) is 46.1 Å². The predicted molar refractivity (Wildman–Crippen MR) is 139 cm³/mol. The number of esters is 1. The van der Waals surface area contributed by atoms with Crippen molar-refractivity contribution in [3.8, 4) is 0 Å². The van der Waals surface area contributed by atoms with Crippen LogP contribution in [0.2, 0.25) is 0 Å². The molecule has 2 aliphatic carbocycles. The molecule has 0 aromatic heterocycles. The first-order chi connectivity index (χ1) is 17.0. The van der Waals surface area contributed by atoms with Crippen LogP contribution in [0.25, 0.3) is 0 Å². The Balaban J connectivity index is 1.92. The fourth-order valence-electron chi connectivity index (χ4n) is 6.90. The molecular weight excluding hydrogens is 454 g/mol. The van der Waals surface area contributed by atoms with Crippen LogP contribution in [-0.4, -0.2) is 45.9 Å². The monoisotopic (exact) mass is 493 g/mol. The fraction of sp³-hybridized carbons (Fsp3) is 0.533. The number of carbonyl (C=O) groups is 2. The van der Waals surface area contributed by atoms with Crippen molar-refractivity contribution < 1.29 is 24.5 Å². The van der Waals surface area contributed by atoms with Gasteiger partial charge in [0.1, 0.15) is 11.5 Å². The van der Waals surface area contributed by atoms with E-state index < -0.39 is 35.1 Å². The van der Waals surface area contributed by atoms with Gasteiger partial charge < -0.3 is 20.3 Å². The molecule has 2 fully saturated rings. The molecule has 6 heteroatoms. The Kier molecular flexibility index (Phi) is 7.31. The molecule has 1 spiro atoms. The topological polar surface area (TPSA) is 95.9 Å². The molecule has 3 aliphatic rings. The van der Waals surface area contributed by atoms with Gasteiger partial charge in [-0.25, -0.2) is 0 Å². The normalized spacial score (nSPS) is 40.6. The molecule has 1 heterocycles. The number of carbonyl (C=O) groups excluding carboxylic acids is 2. The average Bonchev–Trinajstić information content (AvgIpc) is 3.08. The summed E-state index contributed by atoms with van der Waals surface area (Å²) in [5, 5.41) is 25.8. The maximum Gasteiger partial charge on any atom is 0.303 e. The lowest BCUT2D eigenvalue weighted by molar-refractivity contribution is -0.166. The Hall–Kier alpha value is -2.70. The van der Waals surface area contributed by atoms with Crippen LogP contribution >= 0.6 is 0 Å². The number of nitrogens with one attached hydrogen (secondary N) is 1. The van der Waals surface area contributed by atoms with E-state index in [2.05, 4.69) is 18.8 Å². The molecule has 9 atom stereocenters. The van der Waals surface area contributed by atoms with Crippen LogP contribution in [-0.2, 0) is 20.7 Å². The molecule has 3 unspecified atom stereocenters. The van der Waals surface area contributed by atoms with Crippen molar-refractivity contribution in [1.29, 1.82) is 0 Å². The van der Waals surface area contributed by atoms with E-state index in [-0.39, 0.29) is 29.7 Å². The SMILES string of the molecule is C=C1C(C)C2[C@H](Cc3ccccc3)NC(=O)[C@@]23C(C=CC[C@H](C)C[C@@](C)(O)C=C[C@H]3OC(C)=O)[C@@H]1O. The molecule has 1 aromatic rings. The van der Waals surface area contributed by atoms with Crippen molar-refractivity contribution in [2.75, 3.05) is 0 Å². The highest BCUT2D eigenvalue weighted by atomic mass is 16.5. The number of aliphatic hydroxyl groups excluding tert-OH is 1. The zero-order chi connectivity index (χ0) is 26.3. The van der Waals surface area contributed by atoms with Crippen LogP contribution in [0, 0.1) is 29.1 Å². The lowest BCUT2D eigenvalue weighted by Crippen LogP contribution is -2.60. The number of amides is 1. The first kappa shape index (κ1) is 26.4. The van der Waals surface area contributed by atoms with Crippen LogP contribution in [0.15, 0.2) is 66.8 Å². The van der Waals surface area contributed by atoms with Crippen LogP contribution in [0.5, 0.6) is 0 Å². The van der Waals surface area contributed by atoms with E-state index in [9.17, 15) is 19.8 Å².